The molecule has 194 valence electrons. The summed E-state index contributed by atoms with van der Waals surface area (Å²) in [4.78, 5) is 14.2. The van der Waals surface area contributed by atoms with Gasteiger partial charge in [-0.1, -0.05) is 108 Å². The van der Waals surface area contributed by atoms with Gasteiger partial charge >= 0.3 is 0 Å². The molecule has 1 aliphatic carbocycles. The van der Waals surface area contributed by atoms with Crippen LogP contribution in [0, 0.1) is 0 Å². The Kier molecular flexibility index (Phi) is 10.9. The van der Waals surface area contributed by atoms with Gasteiger partial charge in [0.15, 0.2) is 0 Å². The topological polar surface area (TPSA) is 41.1 Å². The zero-order valence-corrected chi connectivity index (χ0v) is 23.8. The first-order chi connectivity index (χ1) is 17.3. The smallest absolute Gasteiger partial charge is 0.220 e. The predicted octanol–water partition coefficient (Wildman–Crippen LogP) is 8.57. The predicted molar refractivity (Wildman–Crippen MR) is 156 cm³/mol. The Bertz CT molecular complexity index is 1020. The number of benzene rings is 2. The maximum atomic E-state index is 12.9. The molecule has 1 amide bonds. The third kappa shape index (κ3) is 8.11. The fraction of sp³-hybridized carbons (Fsp3) is 0.469. The molecule has 0 saturated heterocycles. The third-order valence-electron chi connectivity index (χ3n) is 6.84. The van der Waals surface area contributed by atoms with E-state index in [9.17, 15) is 4.79 Å². The summed E-state index contributed by atoms with van der Waals surface area (Å²) in [6.45, 7) is 14.3. The Morgan fingerprint density at radius 3 is 2.11 bits per heavy atom. The largest absolute Gasteiger partial charge is 0.348 e. The molecule has 0 radical (unpaired) electrons. The molecule has 2 aromatic carbocycles. The van der Waals surface area contributed by atoms with Gasteiger partial charge in [-0.25, -0.2) is 0 Å². The van der Waals surface area contributed by atoms with Gasteiger partial charge < -0.3 is 5.32 Å². The molecule has 2 N–H and O–H groups in total. The maximum Gasteiger partial charge on any atom is 0.220 e. The highest BCUT2D eigenvalue weighted by Crippen LogP contribution is 2.37. The van der Waals surface area contributed by atoms with E-state index in [1.807, 2.05) is 18.2 Å². The van der Waals surface area contributed by atoms with Crippen LogP contribution in [-0.2, 0) is 4.79 Å². The monoisotopic (exact) mass is 504 g/mol. The summed E-state index contributed by atoms with van der Waals surface area (Å²) in [7, 11) is 0. The number of amides is 1. The first kappa shape index (κ1) is 28.3. The lowest BCUT2D eigenvalue weighted by molar-refractivity contribution is -0.121. The molecule has 0 fully saturated rings. The van der Waals surface area contributed by atoms with Crippen LogP contribution < -0.4 is 10.0 Å². The van der Waals surface area contributed by atoms with Crippen molar-refractivity contribution in [3.8, 4) is 0 Å². The Morgan fingerprint density at radius 1 is 0.889 bits per heavy atom. The summed E-state index contributed by atoms with van der Waals surface area (Å²) < 4.78 is 3.63. The molecule has 0 heterocycles. The van der Waals surface area contributed by atoms with Gasteiger partial charge in [0.2, 0.25) is 5.91 Å². The number of hydrogen-bond acceptors (Lipinski definition) is 3. The molecule has 0 aliphatic heterocycles. The van der Waals surface area contributed by atoms with Crippen LogP contribution in [0.15, 0.2) is 71.2 Å². The minimum Gasteiger partial charge on any atom is -0.348 e. The average Bonchev–Trinajstić information content (AvgIpc) is 2.87. The first-order valence-corrected chi connectivity index (χ1v) is 14.3. The lowest BCUT2D eigenvalue weighted by Crippen LogP contribution is -2.34. The Morgan fingerprint density at radius 2 is 1.56 bits per heavy atom. The lowest BCUT2D eigenvalue weighted by atomic mass is 9.89. The highest BCUT2D eigenvalue weighted by molar-refractivity contribution is 7.97. The molecule has 1 aliphatic rings. The van der Waals surface area contributed by atoms with Crippen LogP contribution in [0.4, 0.5) is 0 Å². The Balaban J connectivity index is 1.72. The van der Waals surface area contributed by atoms with Gasteiger partial charge in [0.25, 0.3) is 0 Å². The van der Waals surface area contributed by atoms with Crippen LogP contribution >= 0.6 is 11.9 Å². The van der Waals surface area contributed by atoms with Crippen molar-refractivity contribution in [2.75, 3.05) is 6.54 Å². The molecule has 3 nitrogen and oxygen atoms in total. The Labute approximate surface area is 223 Å². The van der Waals surface area contributed by atoms with Crippen molar-refractivity contribution < 1.29 is 4.79 Å². The fourth-order valence-corrected chi connectivity index (χ4v) is 5.76. The van der Waals surface area contributed by atoms with Gasteiger partial charge in [-0.15, -0.1) is 0 Å². The van der Waals surface area contributed by atoms with E-state index in [1.54, 1.807) is 11.9 Å². The molecular weight excluding hydrogens is 460 g/mol. The summed E-state index contributed by atoms with van der Waals surface area (Å²) in [6, 6.07) is 15.0. The van der Waals surface area contributed by atoms with E-state index in [1.165, 1.54) is 27.2 Å². The van der Waals surface area contributed by atoms with E-state index in [4.69, 9.17) is 0 Å². The van der Waals surface area contributed by atoms with Crippen LogP contribution in [0.3, 0.4) is 0 Å². The molecular formula is C32H44N2OS. The number of carbonyl (C=O) groups excluding carboxylic acids is 1. The third-order valence-corrected chi connectivity index (χ3v) is 7.83. The molecule has 0 unspecified atom stereocenters. The molecule has 1 atom stereocenters. The van der Waals surface area contributed by atoms with Gasteiger partial charge in [-0.3, -0.25) is 9.52 Å². The first-order valence-electron chi connectivity index (χ1n) is 13.5. The van der Waals surface area contributed by atoms with Crippen LogP contribution in [0.2, 0.25) is 0 Å². The summed E-state index contributed by atoms with van der Waals surface area (Å²) in [5.41, 5.74) is 6.70. The normalized spacial score (nSPS) is 14.4. The standard InChI is InChI=1S/C32H44N2OS/c1-22(2)27-19-28(23(3)4)32(29(20-27)24(5)6)36-33-21-30(26-15-11-8-12-16-26)34-31(35)18-17-25-13-9-7-10-14-25/h7-9,11-12,14-16,19-20,22-24,30,33H,10,13,17-18,21H2,1-6H3,(H,34,35)/t30-/m1/s1. The van der Waals surface area contributed by atoms with Gasteiger partial charge in [0.05, 0.1) is 6.04 Å². The number of hydrogen-bond donors (Lipinski definition) is 2. The zero-order chi connectivity index (χ0) is 26.1. The molecule has 0 saturated carbocycles. The van der Waals surface area contributed by atoms with Gasteiger partial charge in [-0.2, -0.15) is 0 Å². The van der Waals surface area contributed by atoms with Gasteiger partial charge in [0.1, 0.15) is 0 Å². The van der Waals surface area contributed by atoms with E-state index in [2.05, 4.69) is 94.1 Å². The van der Waals surface area contributed by atoms with Crippen molar-refractivity contribution in [2.24, 2.45) is 0 Å². The molecule has 0 aromatic heterocycles. The average molecular weight is 505 g/mol. The highest BCUT2D eigenvalue weighted by Gasteiger charge is 2.20. The van der Waals surface area contributed by atoms with Crippen molar-refractivity contribution in [2.45, 2.75) is 95.9 Å². The van der Waals surface area contributed by atoms with Crippen molar-refractivity contribution in [1.82, 2.24) is 10.0 Å². The minimum absolute atomic E-state index is 0.0774. The van der Waals surface area contributed by atoms with Crippen LogP contribution in [0.25, 0.3) is 0 Å². The van der Waals surface area contributed by atoms with E-state index >= 15 is 0 Å². The van der Waals surface area contributed by atoms with Crippen LogP contribution in [0.5, 0.6) is 0 Å². The van der Waals surface area contributed by atoms with Crippen molar-refractivity contribution in [1.29, 1.82) is 0 Å². The SMILES string of the molecule is CC(C)c1cc(C(C)C)c(SNC[C@@H](NC(=O)CCC2=CCC=CC2)c2ccccc2)c(C(C)C)c1. The maximum absolute atomic E-state index is 12.9. The number of rotatable bonds is 12. The second kappa shape index (κ2) is 13.9. The summed E-state index contributed by atoms with van der Waals surface area (Å²) >= 11 is 1.72. The summed E-state index contributed by atoms with van der Waals surface area (Å²) in [6.07, 6.45) is 9.96. The zero-order valence-electron chi connectivity index (χ0n) is 22.9. The lowest BCUT2D eigenvalue weighted by Gasteiger charge is -2.24. The van der Waals surface area contributed by atoms with Gasteiger partial charge in [0, 0.05) is 17.9 Å². The Hall–Kier alpha value is -2.30. The summed E-state index contributed by atoms with van der Waals surface area (Å²) in [5.74, 6) is 1.50. The quantitative estimate of drug-likeness (QED) is 0.225. The van der Waals surface area contributed by atoms with Crippen LogP contribution in [0.1, 0.15) is 113 Å². The second-order valence-corrected chi connectivity index (χ2v) is 11.6. The van der Waals surface area contributed by atoms with E-state index in [0.29, 0.717) is 30.7 Å². The molecule has 4 heteroatoms. The number of carbonyl (C=O) groups is 1. The molecule has 3 rings (SSSR count). The highest BCUT2D eigenvalue weighted by atomic mass is 32.2. The fourth-order valence-electron chi connectivity index (χ4n) is 4.54. The number of nitrogens with one attached hydrogen (secondary N) is 2. The van der Waals surface area contributed by atoms with E-state index in [-0.39, 0.29) is 11.9 Å². The summed E-state index contributed by atoms with van der Waals surface area (Å²) in [5, 5.41) is 3.30. The van der Waals surface area contributed by atoms with Crippen LogP contribution in [-0.4, -0.2) is 12.5 Å². The van der Waals surface area contributed by atoms with Gasteiger partial charge in [-0.05, 0) is 71.2 Å². The van der Waals surface area contributed by atoms with Crippen molar-refractivity contribution >= 4 is 17.9 Å². The van der Waals surface area contributed by atoms with Crippen molar-refractivity contribution in [3.05, 3.63) is 88.5 Å². The molecule has 2 aromatic rings. The van der Waals surface area contributed by atoms with E-state index < -0.39 is 0 Å². The number of allylic oxidation sites excluding steroid dienone is 4. The second-order valence-electron chi connectivity index (χ2n) is 10.7. The molecule has 0 bridgehead atoms. The molecule has 36 heavy (non-hydrogen) atoms. The van der Waals surface area contributed by atoms with Crippen molar-refractivity contribution in [3.63, 3.8) is 0 Å². The van der Waals surface area contributed by atoms with E-state index in [0.717, 1.165) is 24.8 Å². The minimum atomic E-state index is -0.0774. The molecule has 0 spiro atoms.